The van der Waals surface area contributed by atoms with Crippen molar-refractivity contribution < 1.29 is 33.4 Å². The molecule has 0 radical (unpaired) electrons. The number of nitro benzene ring substituents is 1. The summed E-state index contributed by atoms with van der Waals surface area (Å²) >= 11 is 0. The molecule has 0 aromatic heterocycles. The van der Waals surface area contributed by atoms with Gasteiger partial charge in [0.05, 0.1) is 11.5 Å². The van der Waals surface area contributed by atoms with Crippen LogP contribution in [-0.4, -0.2) is 40.7 Å². The summed E-state index contributed by atoms with van der Waals surface area (Å²) < 4.78 is 23.7. The Morgan fingerprint density at radius 3 is 2.14 bits per heavy atom. The summed E-state index contributed by atoms with van der Waals surface area (Å²) in [5, 5.41) is 24.6. The Balaban J connectivity index is 2.99. The highest BCUT2D eigenvalue weighted by Crippen LogP contribution is 2.40. The van der Waals surface area contributed by atoms with Gasteiger partial charge in [0.25, 0.3) is 5.69 Å². The van der Waals surface area contributed by atoms with E-state index in [0.29, 0.717) is 0 Å². The van der Waals surface area contributed by atoms with E-state index in [1.165, 1.54) is 26.0 Å². The molecule has 3 N–H and O–H groups in total. The molecule has 0 aliphatic rings. The first-order valence-corrected chi connectivity index (χ1v) is 10.3. The number of benzene rings is 1. The van der Waals surface area contributed by atoms with Crippen molar-refractivity contribution in [2.24, 2.45) is 5.41 Å². The zero-order valence-electron chi connectivity index (χ0n) is 16.9. The number of nitro groups is 1. The molecule has 0 aliphatic carbocycles. The second kappa shape index (κ2) is 9.82. The number of carboxylic acids is 1. The van der Waals surface area contributed by atoms with Crippen LogP contribution < -0.4 is 14.7 Å². The molecule has 0 saturated carbocycles. The summed E-state index contributed by atoms with van der Waals surface area (Å²) in [6.45, 7) is 8.39. The molecule has 0 fully saturated rings. The Hall–Kier alpha value is -2.49. The maximum atomic E-state index is 13.2. The van der Waals surface area contributed by atoms with Gasteiger partial charge >= 0.3 is 19.6 Å². The number of carbonyl (C=O) groups excluding carboxylic acids is 1. The second-order valence-corrected chi connectivity index (χ2v) is 9.40. The van der Waals surface area contributed by atoms with Gasteiger partial charge in [-0.05, 0) is 31.4 Å². The van der Waals surface area contributed by atoms with Crippen molar-refractivity contribution in [2.45, 2.75) is 46.7 Å². The van der Waals surface area contributed by atoms with Crippen molar-refractivity contribution in [3.05, 3.63) is 34.4 Å². The summed E-state index contributed by atoms with van der Waals surface area (Å²) in [6, 6.07) is 2.34. The quantitative estimate of drug-likeness (QED) is 0.218. The van der Waals surface area contributed by atoms with Crippen molar-refractivity contribution in [3.8, 4) is 5.75 Å². The number of esters is 1. The van der Waals surface area contributed by atoms with Crippen LogP contribution in [0, 0.1) is 15.5 Å². The van der Waals surface area contributed by atoms with Gasteiger partial charge in [0.1, 0.15) is 17.8 Å². The molecule has 0 aliphatic heterocycles. The average molecular weight is 431 g/mol. The smallest absolute Gasteiger partial charge is 0.391 e. The van der Waals surface area contributed by atoms with Gasteiger partial charge in [0.2, 0.25) is 0 Å². The maximum Gasteiger partial charge on any atom is 0.391 e. The van der Waals surface area contributed by atoms with Crippen LogP contribution in [0.2, 0.25) is 0 Å². The van der Waals surface area contributed by atoms with Crippen LogP contribution in [0.5, 0.6) is 5.75 Å². The Labute approximate surface area is 168 Å². The van der Waals surface area contributed by atoms with E-state index in [-0.39, 0.29) is 23.5 Å². The molecule has 0 saturated heterocycles. The minimum Gasteiger partial charge on any atom is -0.480 e. The Morgan fingerprint density at radius 1 is 1.17 bits per heavy atom. The third-order valence-corrected chi connectivity index (χ3v) is 5.30. The van der Waals surface area contributed by atoms with Gasteiger partial charge in [0.15, 0.2) is 0 Å². The lowest BCUT2D eigenvalue weighted by molar-refractivity contribution is -0.384. The van der Waals surface area contributed by atoms with Crippen LogP contribution in [0.25, 0.3) is 0 Å². The Kier molecular flexibility index (Phi) is 8.31. The molecule has 0 bridgehead atoms. The van der Waals surface area contributed by atoms with Gasteiger partial charge in [-0.2, -0.15) is 0 Å². The fourth-order valence-corrected chi connectivity index (χ4v) is 3.73. The summed E-state index contributed by atoms with van der Waals surface area (Å²) in [6.07, 6.45) is 0. The number of nitrogens with one attached hydrogen (secondary N) is 2. The first kappa shape index (κ1) is 24.5. The number of aliphatic carboxylic acids is 1. The van der Waals surface area contributed by atoms with E-state index >= 15 is 0 Å². The zero-order chi connectivity index (χ0) is 22.4. The lowest BCUT2D eigenvalue weighted by Crippen LogP contribution is -2.43. The fourth-order valence-electron chi connectivity index (χ4n) is 1.90. The molecular formula is C17H26N3O8P. The van der Waals surface area contributed by atoms with Crippen molar-refractivity contribution in [3.63, 3.8) is 0 Å². The van der Waals surface area contributed by atoms with Gasteiger partial charge in [-0.15, -0.1) is 0 Å². The predicted molar refractivity (Wildman–Crippen MR) is 105 cm³/mol. The average Bonchev–Trinajstić information content (AvgIpc) is 2.58. The molecule has 1 rings (SSSR count). The second-order valence-electron chi connectivity index (χ2n) is 7.60. The molecule has 1 aromatic carbocycles. The molecule has 0 amide bonds. The number of carbonyl (C=O) groups is 2. The topological polar surface area (TPSA) is 157 Å². The van der Waals surface area contributed by atoms with E-state index in [2.05, 4.69) is 10.2 Å². The van der Waals surface area contributed by atoms with E-state index in [9.17, 15) is 24.3 Å². The number of rotatable bonds is 10. The first-order chi connectivity index (χ1) is 13.2. The summed E-state index contributed by atoms with van der Waals surface area (Å²) in [5.74, 6) is -2.01. The molecule has 2 unspecified atom stereocenters. The lowest BCUT2D eigenvalue weighted by atomic mass is 9.99. The lowest BCUT2D eigenvalue weighted by Gasteiger charge is -2.26. The predicted octanol–water partition coefficient (Wildman–Crippen LogP) is 2.71. The summed E-state index contributed by atoms with van der Waals surface area (Å²) in [5.41, 5.74) is -0.476. The first-order valence-electron chi connectivity index (χ1n) is 8.71. The van der Waals surface area contributed by atoms with E-state index in [4.69, 9.17) is 14.4 Å². The van der Waals surface area contributed by atoms with Crippen molar-refractivity contribution >= 4 is 25.3 Å². The van der Waals surface area contributed by atoms with Crippen molar-refractivity contribution in [2.75, 3.05) is 6.61 Å². The molecule has 3 atom stereocenters. The Morgan fingerprint density at radius 2 is 1.69 bits per heavy atom. The van der Waals surface area contributed by atoms with Crippen molar-refractivity contribution in [1.29, 1.82) is 0 Å². The molecule has 1 aromatic rings. The van der Waals surface area contributed by atoms with Crippen LogP contribution in [0.1, 0.15) is 34.6 Å². The molecule has 162 valence electrons. The van der Waals surface area contributed by atoms with Crippen LogP contribution in [0.4, 0.5) is 5.69 Å². The van der Waals surface area contributed by atoms with Crippen LogP contribution >= 0.6 is 7.67 Å². The van der Waals surface area contributed by atoms with Gasteiger partial charge in [0, 0.05) is 12.1 Å². The molecule has 11 nitrogen and oxygen atoms in total. The third-order valence-electron chi connectivity index (χ3n) is 3.38. The normalized spacial score (nSPS) is 15.6. The van der Waals surface area contributed by atoms with Crippen LogP contribution in [-0.2, 0) is 18.9 Å². The maximum absolute atomic E-state index is 13.2. The van der Waals surface area contributed by atoms with Gasteiger partial charge in [-0.25, -0.2) is 14.7 Å². The molecular weight excluding hydrogens is 405 g/mol. The van der Waals surface area contributed by atoms with Crippen molar-refractivity contribution in [1.82, 2.24) is 10.2 Å². The van der Waals surface area contributed by atoms with E-state index in [1.54, 1.807) is 0 Å². The van der Waals surface area contributed by atoms with Gasteiger partial charge in [-0.3, -0.25) is 19.7 Å². The molecule has 29 heavy (non-hydrogen) atoms. The highest BCUT2D eigenvalue weighted by molar-refractivity contribution is 7.55. The summed E-state index contributed by atoms with van der Waals surface area (Å²) in [4.78, 5) is 33.5. The SMILES string of the molecule is CC(NP(=O)(N[C@@H](C)C(=O)OCC(C)(C)C)Oc1ccc([N+](=O)[O-])cc1)C(=O)O. The number of hydrogen-bond donors (Lipinski definition) is 3. The fraction of sp³-hybridized carbons (Fsp3) is 0.529. The highest BCUT2D eigenvalue weighted by atomic mass is 31.2. The number of hydrogen-bond acceptors (Lipinski definition) is 7. The monoisotopic (exact) mass is 431 g/mol. The minimum absolute atomic E-state index is 0.0215. The standard InChI is InChI=1S/C17H26N3O8P/c1-11(15(21)22)18-29(26,19-12(2)16(23)27-10-17(3,4)5)28-14-8-6-13(7-9-14)20(24)25/h6-9,11-12H,10H2,1-5H3,(H,21,22)(H2,18,19,26)/t11?,12-,29?/m0/s1. The minimum atomic E-state index is -4.12. The van der Waals surface area contributed by atoms with Crippen LogP contribution in [0.15, 0.2) is 24.3 Å². The number of ether oxygens (including phenoxy) is 1. The number of carboxylic acid groups (broad SMARTS) is 1. The molecule has 0 heterocycles. The largest absolute Gasteiger partial charge is 0.480 e. The number of non-ortho nitro benzene ring substituents is 1. The van der Waals surface area contributed by atoms with E-state index in [1.807, 2.05) is 20.8 Å². The van der Waals surface area contributed by atoms with E-state index < -0.39 is 36.6 Å². The van der Waals surface area contributed by atoms with Crippen LogP contribution in [0.3, 0.4) is 0 Å². The van der Waals surface area contributed by atoms with Gasteiger partial charge < -0.3 is 14.4 Å². The highest BCUT2D eigenvalue weighted by Gasteiger charge is 2.34. The summed E-state index contributed by atoms with van der Waals surface area (Å²) in [7, 11) is -4.12. The van der Waals surface area contributed by atoms with E-state index in [0.717, 1.165) is 12.1 Å². The van der Waals surface area contributed by atoms with Gasteiger partial charge in [-0.1, -0.05) is 20.8 Å². The zero-order valence-corrected chi connectivity index (χ0v) is 17.8. The third kappa shape index (κ3) is 8.59. The molecule has 0 spiro atoms. The number of nitrogens with zero attached hydrogens (tertiary/aromatic N) is 1. The Bertz CT molecular complexity index is 791. The molecule has 12 heteroatoms.